The van der Waals surface area contributed by atoms with Crippen molar-refractivity contribution in [1.82, 2.24) is 0 Å². The van der Waals surface area contributed by atoms with Crippen LogP contribution in [0, 0.1) is 12.3 Å². The molecule has 0 unspecified atom stereocenters. The number of ether oxygens (including phenoxy) is 3. The molecule has 0 radical (unpaired) electrons. The van der Waals surface area contributed by atoms with Crippen molar-refractivity contribution in [2.75, 3.05) is 33.0 Å². The lowest BCUT2D eigenvalue weighted by molar-refractivity contribution is 0.0462. The summed E-state index contributed by atoms with van der Waals surface area (Å²) in [5.74, 6) is 3.32. The smallest absolute Gasteiger partial charge is 0.119 e. The molecule has 0 spiro atoms. The number of hydrogen-bond donors (Lipinski definition) is 0. The third-order valence-corrected chi connectivity index (χ3v) is 4.05. The minimum absolute atomic E-state index is 0.338. The quantitative estimate of drug-likeness (QED) is 0.310. The monoisotopic (exact) mass is 346 g/mol. The van der Waals surface area contributed by atoms with Gasteiger partial charge in [-0.25, -0.2) is 0 Å². The van der Waals surface area contributed by atoms with Gasteiger partial charge in [0.25, 0.3) is 0 Å². The van der Waals surface area contributed by atoms with Crippen LogP contribution < -0.4 is 4.74 Å². The standard InChI is InChI=1S/C22H34O3/c1-3-5-6-7-8-9-10-11-21-12-14-22(15-13-21)25-20-19-24-18-17-23-16-4-2/h2,12-15H,3,5-11,16-20H2,1H3. The molecule has 0 N–H and O–H groups in total. The third-order valence-electron chi connectivity index (χ3n) is 4.05. The topological polar surface area (TPSA) is 27.7 Å². The molecule has 1 aromatic carbocycles. The predicted molar refractivity (Wildman–Crippen MR) is 104 cm³/mol. The molecule has 0 aliphatic carbocycles. The number of rotatable bonds is 16. The lowest BCUT2D eigenvalue weighted by Crippen LogP contribution is -2.10. The van der Waals surface area contributed by atoms with E-state index in [2.05, 4.69) is 25.0 Å². The summed E-state index contributed by atoms with van der Waals surface area (Å²) in [6, 6.07) is 8.43. The molecule has 0 aliphatic heterocycles. The fraction of sp³-hybridized carbons (Fsp3) is 0.636. The van der Waals surface area contributed by atoms with Crippen molar-refractivity contribution in [3.05, 3.63) is 29.8 Å². The van der Waals surface area contributed by atoms with Crippen LogP contribution in [0.3, 0.4) is 0 Å². The average molecular weight is 347 g/mol. The summed E-state index contributed by atoms with van der Waals surface area (Å²) in [6.07, 6.45) is 15.7. The highest BCUT2D eigenvalue weighted by Crippen LogP contribution is 2.15. The number of aryl methyl sites for hydroxylation is 1. The second-order valence-electron chi connectivity index (χ2n) is 6.23. The van der Waals surface area contributed by atoms with Crippen molar-refractivity contribution >= 4 is 0 Å². The first-order valence-corrected chi connectivity index (χ1v) is 9.67. The predicted octanol–water partition coefficient (Wildman–Crippen LogP) is 5.02. The molecule has 0 saturated heterocycles. The van der Waals surface area contributed by atoms with Crippen LogP contribution in [0.2, 0.25) is 0 Å². The van der Waals surface area contributed by atoms with Crippen molar-refractivity contribution < 1.29 is 14.2 Å². The lowest BCUT2D eigenvalue weighted by Gasteiger charge is -2.08. The van der Waals surface area contributed by atoms with Gasteiger partial charge in [0.05, 0.1) is 19.8 Å². The second-order valence-corrected chi connectivity index (χ2v) is 6.23. The maximum atomic E-state index is 5.67. The van der Waals surface area contributed by atoms with Crippen LogP contribution in [0.25, 0.3) is 0 Å². The van der Waals surface area contributed by atoms with Gasteiger partial charge in [0.2, 0.25) is 0 Å². The molecule has 0 fully saturated rings. The fourth-order valence-electron chi connectivity index (χ4n) is 2.61. The van der Waals surface area contributed by atoms with E-state index in [9.17, 15) is 0 Å². The molecule has 0 bridgehead atoms. The Balaban J connectivity index is 2.01. The van der Waals surface area contributed by atoms with Crippen molar-refractivity contribution in [2.24, 2.45) is 0 Å². The van der Waals surface area contributed by atoms with Gasteiger partial charge in [-0.2, -0.15) is 0 Å². The summed E-state index contributed by atoms with van der Waals surface area (Å²) in [7, 11) is 0. The Morgan fingerprint density at radius 3 is 2.16 bits per heavy atom. The zero-order valence-electron chi connectivity index (χ0n) is 15.8. The van der Waals surface area contributed by atoms with Gasteiger partial charge in [-0.1, -0.05) is 63.5 Å². The van der Waals surface area contributed by atoms with Crippen molar-refractivity contribution in [3.8, 4) is 18.1 Å². The Morgan fingerprint density at radius 2 is 1.44 bits per heavy atom. The Hall–Kier alpha value is -1.50. The summed E-state index contributed by atoms with van der Waals surface area (Å²) in [5, 5.41) is 0. The van der Waals surface area contributed by atoms with E-state index in [-0.39, 0.29) is 0 Å². The fourth-order valence-corrected chi connectivity index (χ4v) is 2.61. The Kier molecular flexibility index (Phi) is 13.8. The van der Waals surface area contributed by atoms with Gasteiger partial charge >= 0.3 is 0 Å². The van der Waals surface area contributed by atoms with Crippen LogP contribution in [-0.4, -0.2) is 33.0 Å². The Labute approximate surface area is 154 Å². The summed E-state index contributed by atoms with van der Waals surface area (Å²) in [5.41, 5.74) is 1.39. The van der Waals surface area contributed by atoms with Crippen LogP contribution >= 0.6 is 0 Å². The van der Waals surface area contributed by atoms with Gasteiger partial charge in [0.1, 0.15) is 19.0 Å². The molecule has 0 atom stereocenters. The van der Waals surface area contributed by atoms with E-state index >= 15 is 0 Å². The second kappa shape index (κ2) is 16.0. The maximum absolute atomic E-state index is 5.67. The highest BCUT2D eigenvalue weighted by atomic mass is 16.5. The van der Waals surface area contributed by atoms with Crippen molar-refractivity contribution in [3.63, 3.8) is 0 Å². The third kappa shape index (κ3) is 12.5. The van der Waals surface area contributed by atoms with E-state index in [0.717, 1.165) is 12.2 Å². The average Bonchev–Trinajstić information content (AvgIpc) is 2.64. The van der Waals surface area contributed by atoms with Gasteiger partial charge in [0.15, 0.2) is 0 Å². The van der Waals surface area contributed by atoms with Crippen molar-refractivity contribution in [1.29, 1.82) is 0 Å². The zero-order valence-corrected chi connectivity index (χ0v) is 15.8. The van der Waals surface area contributed by atoms with Crippen LogP contribution in [0.15, 0.2) is 24.3 Å². The first-order valence-electron chi connectivity index (χ1n) is 9.67. The van der Waals surface area contributed by atoms with E-state index in [1.807, 2.05) is 12.1 Å². The van der Waals surface area contributed by atoms with Crippen molar-refractivity contribution in [2.45, 2.75) is 58.3 Å². The van der Waals surface area contributed by atoms with E-state index in [1.165, 1.54) is 50.5 Å². The highest BCUT2D eigenvalue weighted by Gasteiger charge is 1.97. The molecule has 3 nitrogen and oxygen atoms in total. The molecule has 0 amide bonds. The molecule has 0 heterocycles. The first kappa shape index (κ1) is 21.5. The largest absolute Gasteiger partial charge is 0.491 e. The highest BCUT2D eigenvalue weighted by molar-refractivity contribution is 5.27. The van der Waals surface area contributed by atoms with Gasteiger partial charge in [-0.05, 0) is 30.5 Å². The lowest BCUT2D eigenvalue weighted by atomic mass is 10.0. The van der Waals surface area contributed by atoms with Gasteiger partial charge in [0, 0.05) is 0 Å². The molecule has 1 aromatic rings. The van der Waals surface area contributed by atoms with Gasteiger partial charge < -0.3 is 14.2 Å². The molecule has 3 heteroatoms. The number of terminal acetylenes is 1. The number of unbranched alkanes of at least 4 members (excludes halogenated alkanes) is 6. The summed E-state index contributed by atoms with van der Waals surface area (Å²) >= 11 is 0. The molecule has 0 aromatic heterocycles. The van der Waals surface area contributed by atoms with E-state index in [1.54, 1.807) is 0 Å². The van der Waals surface area contributed by atoms with Gasteiger partial charge in [-0.3, -0.25) is 0 Å². The van der Waals surface area contributed by atoms with Gasteiger partial charge in [-0.15, -0.1) is 6.42 Å². The molecular formula is C22H34O3. The SMILES string of the molecule is C#CCOCCOCCOc1ccc(CCCCCCCCC)cc1. The molecular weight excluding hydrogens is 312 g/mol. The number of hydrogen-bond acceptors (Lipinski definition) is 3. The molecule has 0 aliphatic rings. The van der Waals surface area contributed by atoms with Crippen LogP contribution in [0.5, 0.6) is 5.75 Å². The van der Waals surface area contributed by atoms with Crippen LogP contribution in [-0.2, 0) is 15.9 Å². The van der Waals surface area contributed by atoms with Crippen LogP contribution in [0.4, 0.5) is 0 Å². The Morgan fingerprint density at radius 1 is 0.800 bits per heavy atom. The van der Waals surface area contributed by atoms with E-state index < -0.39 is 0 Å². The summed E-state index contributed by atoms with van der Waals surface area (Å²) in [6.45, 7) is 4.77. The summed E-state index contributed by atoms with van der Waals surface area (Å²) in [4.78, 5) is 0. The molecule has 0 saturated carbocycles. The minimum atomic E-state index is 0.338. The molecule has 25 heavy (non-hydrogen) atoms. The molecule has 140 valence electrons. The van der Waals surface area contributed by atoms with Crippen LogP contribution in [0.1, 0.15) is 57.4 Å². The zero-order chi connectivity index (χ0) is 18.0. The minimum Gasteiger partial charge on any atom is -0.491 e. The number of benzene rings is 1. The Bertz CT molecular complexity index is 447. The summed E-state index contributed by atoms with van der Waals surface area (Å²) < 4.78 is 16.2. The molecule has 1 rings (SSSR count). The normalized spacial score (nSPS) is 10.6. The van der Waals surface area contributed by atoms with E-state index in [0.29, 0.717) is 33.0 Å². The van der Waals surface area contributed by atoms with E-state index in [4.69, 9.17) is 20.6 Å². The first-order chi connectivity index (χ1) is 12.4. The maximum Gasteiger partial charge on any atom is 0.119 e.